The summed E-state index contributed by atoms with van der Waals surface area (Å²) in [7, 11) is 0. The van der Waals surface area contributed by atoms with Gasteiger partial charge in [-0.1, -0.05) is 18.2 Å². The van der Waals surface area contributed by atoms with E-state index < -0.39 is 6.04 Å². The highest BCUT2D eigenvalue weighted by molar-refractivity contribution is 6.04. The fraction of sp³-hybridized carbons (Fsp3) is 0.235. The number of rotatable bonds is 2. The molecule has 0 bridgehead atoms. The van der Waals surface area contributed by atoms with Gasteiger partial charge in [0.05, 0.1) is 11.6 Å². The molecule has 1 aliphatic rings. The van der Waals surface area contributed by atoms with Crippen molar-refractivity contribution in [3.63, 3.8) is 0 Å². The molecule has 22 heavy (non-hydrogen) atoms. The second kappa shape index (κ2) is 5.97. The third kappa shape index (κ3) is 2.83. The number of fused-ring (bicyclic) bond motifs is 1. The number of nitrogens with one attached hydrogen (secondary N) is 1. The van der Waals surface area contributed by atoms with E-state index in [0.717, 1.165) is 5.56 Å². The van der Waals surface area contributed by atoms with E-state index >= 15 is 0 Å². The van der Waals surface area contributed by atoms with Crippen molar-refractivity contribution in [1.82, 2.24) is 10.3 Å². The third-order valence-corrected chi connectivity index (χ3v) is 3.62. The predicted octanol–water partition coefficient (Wildman–Crippen LogP) is 2.29. The fourth-order valence-electron chi connectivity index (χ4n) is 2.62. The van der Waals surface area contributed by atoms with Crippen molar-refractivity contribution in [2.24, 2.45) is 0 Å². The lowest BCUT2D eigenvalue weighted by Crippen LogP contribution is -2.40. The minimum absolute atomic E-state index is 0.128. The van der Waals surface area contributed by atoms with E-state index in [1.54, 1.807) is 30.6 Å². The number of ether oxygens (including phenoxy) is 1. The van der Waals surface area contributed by atoms with Gasteiger partial charge < -0.3 is 10.1 Å². The fourth-order valence-corrected chi connectivity index (χ4v) is 2.62. The average molecular weight is 296 g/mol. The molecule has 1 aromatic heterocycles. The topological polar surface area (TPSA) is 68.3 Å². The Morgan fingerprint density at radius 1 is 1.27 bits per heavy atom. The highest BCUT2D eigenvalue weighted by Gasteiger charge is 2.32. The largest absolute Gasteiger partial charge is 0.485 e. The van der Waals surface area contributed by atoms with Gasteiger partial charge in [-0.2, -0.15) is 0 Å². The smallest absolute Gasteiger partial charge is 0.217 e. The van der Waals surface area contributed by atoms with Crippen LogP contribution in [0.2, 0.25) is 0 Å². The summed E-state index contributed by atoms with van der Waals surface area (Å²) in [6.45, 7) is 1.41. The van der Waals surface area contributed by atoms with E-state index in [4.69, 9.17) is 4.74 Å². The molecule has 2 heterocycles. The first-order chi connectivity index (χ1) is 10.6. The minimum Gasteiger partial charge on any atom is -0.485 e. The van der Waals surface area contributed by atoms with Crippen molar-refractivity contribution in [3.05, 3.63) is 59.9 Å². The van der Waals surface area contributed by atoms with Crippen LogP contribution in [-0.4, -0.2) is 22.7 Å². The van der Waals surface area contributed by atoms with Crippen molar-refractivity contribution >= 4 is 11.7 Å². The van der Waals surface area contributed by atoms with Gasteiger partial charge in [-0.15, -0.1) is 0 Å². The molecule has 0 aliphatic carbocycles. The van der Waals surface area contributed by atoms with E-state index in [-0.39, 0.29) is 17.8 Å². The molecule has 5 nitrogen and oxygen atoms in total. The second-order valence-corrected chi connectivity index (χ2v) is 5.24. The lowest BCUT2D eigenvalue weighted by molar-refractivity contribution is -0.119. The van der Waals surface area contributed by atoms with Gasteiger partial charge in [0.15, 0.2) is 5.78 Å². The monoisotopic (exact) mass is 296 g/mol. The number of aromatic nitrogens is 1. The second-order valence-electron chi connectivity index (χ2n) is 5.24. The molecule has 0 saturated carbocycles. The number of pyridine rings is 1. The first-order valence-electron chi connectivity index (χ1n) is 7.12. The molecule has 0 spiro atoms. The number of Topliss-reactive ketones (excluding diaryl/α,β-unsaturated/α-hetero) is 1. The summed E-state index contributed by atoms with van der Waals surface area (Å²) < 4.78 is 6.01. The molecule has 1 amide bonds. The van der Waals surface area contributed by atoms with Crippen LogP contribution >= 0.6 is 0 Å². The van der Waals surface area contributed by atoms with Crippen LogP contribution in [0.3, 0.4) is 0 Å². The maximum atomic E-state index is 12.6. The quantitative estimate of drug-likeness (QED) is 0.923. The Morgan fingerprint density at radius 2 is 2.09 bits per heavy atom. The Morgan fingerprint density at radius 3 is 2.82 bits per heavy atom. The number of amides is 1. The first kappa shape index (κ1) is 14.3. The van der Waals surface area contributed by atoms with Gasteiger partial charge in [-0.05, 0) is 18.2 Å². The molecule has 5 heteroatoms. The molecular weight excluding hydrogens is 280 g/mol. The molecule has 0 radical (unpaired) electrons. The van der Waals surface area contributed by atoms with Crippen molar-refractivity contribution in [2.75, 3.05) is 0 Å². The predicted molar refractivity (Wildman–Crippen MR) is 80.6 cm³/mol. The average Bonchev–Trinajstić information content (AvgIpc) is 2.66. The van der Waals surface area contributed by atoms with Crippen molar-refractivity contribution in [3.8, 4) is 5.75 Å². The Hall–Kier alpha value is -2.69. The van der Waals surface area contributed by atoms with Gasteiger partial charge in [-0.25, -0.2) is 0 Å². The van der Waals surface area contributed by atoms with Crippen LogP contribution in [0.15, 0.2) is 48.8 Å². The van der Waals surface area contributed by atoms with Crippen LogP contribution in [0.1, 0.15) is 35.4 Å². The van der Waals surface area contributed by atoms with Crippen molar-refractivity contribution in [2.45, 2.75) is 25.5 Å². The number of benzene rings is 1. The summed E-state index contributed by atoms with van der Waals surface area (Å²) >= 11 is 0. The number of carbonyl (C=O) groups excluding carboxylic acids is 2. The number of hydrogen-bond donors (Lipinski definition) is 1. The van der Waals surface area contributed by atoms with Gasteiger partial charge in [0.2, 0.25) is 5.91 Å². The summed E-state index contributed by atoms with van der Waals surface area (Å²) in [4.78, 5) is 28.1. The third-order valence-electron chi connectivity index (χ3n) is 3.62. The molecule has 3 rings (SSSR count). The van der Waals surface area contributed by atoms with E-state index in [2.05, 4.69) is 10.3 Å². The maximum absolute atomic E-state index is 12.6. The summed E-state index contributed by atoms with van der Waals surface area (Å²) in [5, 5.41) is 2.72. The first-order valence-corrected chi connectivity index (χ1v) is 7.12. The summed E-state index contributed by atoms with van der Waals surface area (Å²) in [6, 6.07) is 10.2. The van der Waals surface area contributed by atoms with Crippen LogP contribution < -0.4 is 10.1 Å². The van der Waals surface area contributed by atoms with Crippen LogP contribution in [-0.2, 0) is 4.79 Å². The molecule has 0 saturated heterocycles. The normalized spacial score (nSPS) is 20.5. The number of nitrogens with zero attached hydrogens (tertiary/aromatic N) is 1. The summed E-state index contributed by atoms with van der Waals surface area (Å²) in [5.74, 6) is 0.175. The lowest BCUT2D eigenvalue weighted by Gasteiger charge is -2.20. The summed E-state index contributed by atoms with van der Waals surface area (Å²) in [6.07, 6.45) is 3.44. The zero-order valence-electron chi connectivity index (χ0n) is 12.2. The Kier molecular flexibility index (Phi) is 3.87. The molecule has 1 aliphatic heterocycles. The number of para-hydroxylation sites is 1. The Balaban J connectivity index is 2.01. The van der Waals surface area contributed by atoms with Crippen molar-refractivity contribution in [1.29, 1.82) is 0 Å². The number of carbonyl (C=O) groups is 2. The van der Waals surface area contributed by atoms with Crippen molar-refractivity contribution < 1.29 is 14.3 Å². The zero-order valence-corrected chi connectivity index (χ0v) is 12.2. The minimum atomic E-state index is -0.605. The molecular formula is C17H16N2O3. The van der Waals surface area contributed by atoms with E-state index in [1.807, 2.05) is 18.2 Å². The molecule has 2 aromatic rings. The highest BCUT2D eigenvalue weighted by atomic mass is 16.5. The summed E-state index contributed by atoms with van der Waals surface area (Å²) in [5.41, 5.74) is 1.37. The Labute approximate surface area is 128 Å². The standard InChI is InChI=1S/C17H16N2O3/c1-11(20)19-14-9-16(12-5-4-8-18-10-12)22-15-7-3-2-6-13(15)17(14)21/h2-8,10,14,16H,9H2,1H3,(H,19,20). The van der Waals surface area contributed by atoms with E-state index in [0.29, 0.717) is 17.7 Å². The molecule has 112 valence electrons. The molecule has 2 unspecified atom stereocenters. The van der Waals surface area contributed by atoms with Crippen LogP contribution in [0.4, 0.5) is 0 Å². The molecule has 2 atom stereocenters. The highest BCUT2D eigenvalue weighted by Crippen LogP contribution is 2.33. The molecule has 1 N–H and O–H groups in total. The van der Waals surface area contributed by atoms with Crippen LogP contribution in [0.25, 0.3) is 0 Å². The van der Waals surface area contributed by atoms with E-state index in [1.165, 1.54) is 6.92 Å². The SMILES string of the molecule is CC(=O)NC1CC(c2cccnc2)Oc2ccccc2C1=O. The van der Waals surface area contributed by atoms with Gasteiger partial charge >= 0.3 is 0 Å². The van der Waals surface area contributed by atoms with Gasteiger partial charge in [0.1, 0.15) is 11.9 Å². The van der Waals surface area contributed by atoms with Gasteiger partial charge in [-0.3, -0.25) is 14.6 Å². The number of ketones is 1. The molecule has 0 fully saturated rings. The van der Waals surface area contributed by atoms with E-state index in [9.17, 15) is 9.59 Å². The Bertz CT molecular complexity index is 700. The zero-order chi connectivity index (χ0) is 15.5. The van der Waals surface area contributed by atoms with Gasteiger partial charge in [0, 0.05) is 31.3 Å². The maximum Gasteiger partial charge on any atom is 0.217 e. The van der Waals surface area contributed by atoms with Gasteiger partial charge in [0.25, 0.3) is 0 Å². The number of hydrogen-bond acceptors (Lipinski definition) is 4. The lowest BCUT2D eigenvalue weighted by atomic mass is 9.98. The van der Waals surface area contributed by atoms with Crippen LogP contribution in [0.5, 0.6) is 5.75 Å². The van der Waals surface area contributed by atoms with Crippen LogP contribution in [0, 0.1) is 0 Å². The molecule has 1 aromatic carbocycles.